The second kappa shape index (κ2) is 6.13. The van der Waals surface area contributed by atoms with Gasteiger partial charge in [-0.1, -0.05) is 25.3 Å². The van der Waals surface area contributed by atoms with Crippen LogP contribution in [0.2, 0.25) is 0 Å². The Labute approximate surface area is 126 Å². The minimum Gasteiger partial charge on any atom is -0.271 e. The Kier molecular flexibility index (Phi) is 4.65. The highest BCUT2D eigenvalue weighted by molar-refractivity contribution is 7.05. The van der Waals surface area contributed by atoms with Crippen molar-refractivity contribution in [1.82, 2.24) is 15.0 Å². The van der Waals surface area contributed by atoms with Gasteiger partial charge in [0.2, 0.25) is 0 Å². The maximum absolute atomic E-state index is 13.8. The van der Waals surface area contributed by atoms with Gasteiger partial charge in [-0.25, -0.2) is 8.78 Å². The molecule has 0 aliphatic carbocycles. The fraction of sp³-hybridized carbons (Fsp3) is 0.429. The number of hydrogen-bond acceptors (Lipinski definition) is 5. The number of nitrogens with two attached hydrogens (primary N) is 1. The van der Waals surface area contributed by atoms with E-state index >= 15 is 0 Å². The van der Waals surface area contributed by atoms with Crippen molar-refractivity contribution in [2.75, 3.05) is 0 Å². The molecule has 0 aliphatic rings. The molecule has 2 aromatic rings. The van der Waals surface area contributed by atoms with Gasteiger partial charge in [0.1, 0.15) is 11.6 Å². The summed E-state index contributed by atoms with van der Waals surface area (Å²) >= 11 is 1.22. The van der Waals surface area contributed by atoms with E-state index in [4.69, 9.17) is 5.84 Å². The molecule has 0 saturated heterocycles. The van der Waals surface area contributed by atoms with Crippen LogP contribution in [-0.4, -0.2) is 9.59 Å². The van der Waals surface area contributed by atoms with Gasteiger partial charge < -0.3 is 0 Å². The number of nitrogens with zero attached hydrogens (tertiary/aromatic N) is 2. The van der Waals surface area contributed by atoms with E-state index in [2.05, 4.69) is 15.0 Å². The predicted octanol–water partition coefficient (Wildman–Crippen LogP) is 2.86. The number of hydrogen-bond donors (Lipinski definition) is 2. The molecule has 0 saturated carbocycles. The Hall–Kier alpha value is -1.44. The molecule has 1 heterocycles. The third-order valence-corrected chi connectivity index (χ3v) is 4.01. The molecule has 3 N–H and O–H groups in total. The molecule has 0 aliphatic heterocycles. The van der Waals surface area contributed by atoms with E-state index in [1.807, 2.05) is 20.8 Å². The Morgan fingerprint density at radius 1 is 1.33 bits per heavy atom. The lowest BCUT2D eigenvalue weighted by atomic mass is 9.89. The summed E-state index contributed by atoms with van der Waals surface area (Å²) in [5, 5.41) is 4.14. The zero-order valence-corrected chi connectivity index (χ0v) is 13.0. The van der Waals surface area contributed by atoms with Crippen molar-refractivity contribution >= 4 is 11.5 Å². The van der Waals surface area contributed by atoms with E-state index in [1.54, 1.807) is 0 Å². The van der Waals surface area contributed by atoms with Crippen LogP contribution >= 0.6 is 11.5 Å². The van der Waals surface area contributed by atoms with E-state index < -0.39 is 11.6 Å². The molecule has 21 heavy (non-hydrogen) atoms. The van der Waals surface area contributed by atoms with Crippen LogP contribution in [0, 0.1) is 11.6 Å². The van der Waals surface area contributed by atoms with E-state index in [0.29, 0.717) is 0 Å². The highest BCUT2D eigenvalue weighted by Crippen LogP contribution is 2.32. The van der Waals surface area contributed by atoms with Crippen LogP contribution in [-0.2, 0) is 11.8 Å². The van der Waals surface area contributed by atoms with Gasteiger partial charge in [-0.3, -0.25) is 11.3 Å². The molecule has 1 unspecified atom stereocenters. The molecular formula is C14H18F2N4S. The third kappa shape index (κ3) is 3.61. The number of benzene rings is 1. The average molecular weight is 312 g/mol. The Bertz CT molecular complexity index is 622. The molecule has 0 fully saturated rings. The molecule has 0 radical (unpaired) electrons. The second-order valence-corrected chi connectivity index (χ2v) is 6.68. The summed E-state index contributed by atoms with van der Waals surface area (Å²) in [5.41, 5.74) is 3.54. The van der Waals surface area contributed by atoms with E-state index in [9.17, 15) is 8.78 Å². The van der Waals surface area contributed by atoms with Gasteiger partial charge in [0.15, 0.2) is 0 Å². The minimum atomic E-state index is -0.472. The SMILES string of the molecule is CC(C)(C)c1nnsc1C(Cc1cc(F)ccc1F)NN. The normalized spacial score (nSPS) is 13.4. The van der Waals surface area contributed by atoms with Gasteiger partial charge in [-0.15, -0.1) is 5.10 Å². The second-order valence-electron chi connectivity index (χ2n) is 5.89. The molecule has 0 spiro atoms. The van der Waals surface area contributed by atoms with Gasteiger partial charge >= 0.3 is 0 Å². The van der Waals surface area contributed by atoms with Crippen molar-refractivity contribution in [3.8, 4) is 0 Å². The Balaban J connectivity index is 2.33. The minimum absolute atomic E-state index is 0.197. The average Bonchev–Trinajstić information content (AvgIpc) is 2.89. The van der Waals surface area contributed by atoms with E-state index in [1.165, 1.54) is 17.6 Å². The van der Waals surface area contributed by atoms with Crippen molar-refractivity contribution in [2.45, 2.75) is 38.6 Å². The molecule has 4 nitrogen and oxygen atoms in total. The Morgan fingerprint density at radius 2 is 2.05 bits per heavy atom. The highest BCUT2D eigenvalue weighted by atomic mass is 32.1. The molecule has 1 aromatic carbocycles. The summed E-state index contributed by atoms with van der Waals surface area (Å²) in [7, 11) is 0. The van der Waals surface area contributed by atoms with Gasteiger partial charge in [0.25, 0.3) is 0 Å². The van der Waals surface area contributed by atoms with Crippen LogP contribution in [0.5, 0.6) is 0 Å². The van der Waals surface area contributed by atoms with E-state index in [-0.39, 0.29) is 23.4 Å². The number of aromatic nitrogens is 2. The van der Waals surface area contributed by atoms with Crippen LogP contribution in [0.1, 0.15) is 42.9 Å². The number of rotatable bonds is 4. The standard InChI is InChI=1S/C14H18F2N4S/c1-14(2,3)13-12(21-20-19-13)11(18-17)7-8-6-9(15)4-5-10(8)16/h4-6,11,18H,7,17H2,1-3H3. The summed E-state index contributed by atoms with van der Waals surface area (Å²) < 4.78 is 31.0. The largest absolute Gasteiger partial charge is 0.271 e. The molecule has 1 atom stereocenters. The topological polar surface area (TPSA) is 63.8 Å². The van der Waals surface area contributed by atoms with Gasteiger partial charge in [-0.2, -0.15) is 0 Å². The van der Waals surface area contributed by atoms with Crippen LogP contribution in [0.4, 0.5) is 8.78 Å². The fourth-order valence-corrected chi connectivity index (χ4v) is 3.02. The molecular weight excluding hydrogens is 294 g/mol. The number of hydrazine groups is 1. The quantitative estimate of drug-likeness (QED) is 0.673. The zero-order valence-electron chi connectivity index (χ0n) is 12.2. The summed E-state index contributed by atoms with van der Waals surface area (Å²) in [6.07, 6.45) is 0.229. The van der Waals surface area contributed by atoms with Crippen molar-refractivity contribution in [3.05, 3.63) is 46.0 Å². The molecule has 114 valence electrons. The first-order valence-electron chi connectivity index (χ1n) is 6.55. The van der Waals surface area contributed by atoms with Crippen LogP contribution in [0.15, 0.2) is 18.2 Å². The van der Waals surface area contributed by atoms with E-state index in [0.717, 1.165) is 22.7 Å². The van der Waals surface area contributed by atoms with Gasteiger partial charge in [0, 0.05) is 5.41 Å². The maximum Gasteiger partial charge on any atom is 0.126 e. The summed E-state index contributed by atoms with van der Waals surface area (Å²) in [6.45, 7) is 6.05. The molecule has 7 heteroatoms. The Morgan fingerprint density at radius 3 is 2.67 bits per heavy atom. The lowest BCUT2D eigenvalue weighted by Gasteiger charge is -2.21. The lowest BCUT2D eigenvalue weighted by molar-refractivity contribution is 0.503. The molecule has 0 amide bonds. The summed E-state index contributed by atoms with van der Waals surface area (Å²) in [4.78, 5) is 0.841. The summed E-state index contributed by atoms with van der Waals surface area (Å²) in [5.74, 6) is 4.67. The first kappa shape index (κ1) is 15.9. The van der Waals surface area contributed by atoms with Gasteiger partial charge in [0.05, 0.1) is 16.6 Å². The predicted molar refractivity (Wildman–Crippen MR) is 78.7 cm³/mol. The van der Waals surface area contributed by atoms with Crippen molar-refractivity contribution < 1.29 is 8.78 Å². The highest BCUT2D eigenvalue weighted by Gasteiger charge is 2.27. The smallest absolute Gasteiger partial charge is 0.126 e. The third-order valence-electron chi connectivity index (χ3n) is 3.17. The van der Waals surface area contributed by atoms with Crippen molar-refractivity contribution in [1.29, 1.82) is 0 Å². The van der Waals surface area contributed by atoms with Gasteiger partial charge in [-0.05, 0) is 41.7 Å². The zero-order chi connectivity index (χ0) is 15.6. The lowest BCUT2D eigenvalue weighted by Crippen LogP contribution is -2.31. The molecule has 2 rings (SSSR count). The van der Waals surface area contributed by atoms with Crippen LogP contribution in [0.3, 0.4) is 0 Å². The van der Waals surface area contributed by atoms with Crippen LogP contribution < -0.4 is 11.3 Å². The summed E-state index contributed by atoms with van der Waals surface area (Å²) in [6, 6.07) is 3.03. The fourth-order valence-electron chi connectivity index (χ4n) is 2.09. The number of halogens is 2. The monoisotopic (exact) mass is 312 g/mol. The first-order valence-corrected chi connectivity index (χ1v) is 7.33. The van der Waals surface area contributed by atoms with Crippen molar-refractivity contribution in [3.63, 3.8) is 0 Å². The van der Waals surface area contributed by atoms with Crippen molar-refractivity contribution in [2.24, 2.45) is 5.84 Å². The number of nitrogens with one attached hydrogen (secondary N) is 1. The van der Waals surface area contributed by atoms with Crippen LogP contribution in [0.25, 0.3) is 0 Å². The first-order chi connectivity index (χ1) is 9.82. The molecule has 0 bridgehead atoms. The molecule has 1 aromatic heterocycles. The maximum atomic E-state index is 13.8.